The summed E-state index contributed by atoms with van der Waals surface area (Å²) in [7, 11) is 0. The maximum absolute atomic E-state index is 13.4. The van der Waals surface area contributed by atoms with Crippen LogP contribution in [0.25, 0.3) is 0 Å². The molecule has 0 radical (unpaired) electrons. The van der Waals surface area contributed by atoms with Crippen LogP contribution in [0.3, 0.4) is 0 Å². The third kappa shape index (κ3) is 3.76. The van der Waals surface area contributed by atoms with Gasteiger partial charge in [-0.2, -0.15) is 0 Å². The van der Waals surface area contributed by atoms with Gasteiger partial charge in [0.05, 0.1) is 0 Å². The Labute approximate surface area is 201 Å². The first-order valence-corrected chi connectivity index (χ1v) is 14.0. The van der Waals surface area contributed by atoms with Crippen molar-refractivity contribution in [3.05, 3.63) is 0 Å². The van der Waals surface area contributed by atoms with Crippen molar-refractivity contribution < 1.29 is 20.1 Å². The number of hydrogen-bond donors (Lipinski definition) is 3. The fraction of sp³-hybridized carbons (Fsp3) is 0.966. The highest BCUT2D eigenvalue weighted by Gasteiger charge is 2.69. The summed E-state index contributed by atoms with van der Waals surface area (Å²) in [4.78, 5) is 13.4. The highest BCUT2D eigenvalue weighted by atomic mass is 16.5. The van der Waals surface area contributed by atoms with Gasteiger partial charge in [0.1, 0.15) is 11.9 Å². The van der Waals surface area contributed by atoms with E-state index in [1.807, 2.05) is 6.92 Å². The van der Waals surface area contributed by atoms with Crippen molar-refractivity contribution in [3.8, 4) is 0 Å². The lowest BCUT2D eigenvalue weighted by Gasteiger charge is -2.63. The van der Waals surface area contributed by atoms with E-state index in [0.717, 1.165) is 31.1 Å². The summed E-state index contributed by atoms with van der Waals surface area (Å²) < 4.78 is 0. The number of fused-ring (bicyclic) bond motifs is 5. The molecule has 0 spiro atoms. The molecule has 0 saturated heterocycles. The topological polar surface area (TPSA) is 77.8 Å². The molecule has 4 fully saturated rings. The highest BCUT2D eigenvalue weighted by molar-refractivity contribution is 5.83. The predicted molar refractivity (Wildman–Crippen MR) is 131 cm³/mol. The van der Waals surface area contributed by atoms with Gasteiger partial charge in [-0.25, -0.2) is 0 Å². The third-order valence-corrected chi connectivity index (χ3v) is 12.0. The van der Waals surface area contributed by atoms with Crippen LogP contribution in [-0.2, 0) is 4.79 Å². The number of carbonyl (C=O) groups excluding carboxylic acids is 1. The van der Waals surface area contributed by atoms with Gasteiger partial charge in [0.25, 0.3) is 0 Å². The molecule has 4 heteroatoms. The number of aliphatic hydroxyl groups excluding tert-OH is 1. The maximum Gasteiger partial charge on any atom is 0.195 e. The molecule has 0 aromatic rings. The molecular weight excluding hydrogens is 412 g/mol. The van der Waals surface area contributed by atoms with Crippen LogP contribution >= 0.6 is 0 Å². The van der Waals surface area contributed by atoms with Gasteiger partial charge >= 0.3 is 0 Å². The van der Waals surface area contributed by atoms with Crippen LogP contribution < -0.4 is 0 Å². The summed E-state index contributed by atoms with van der Waals surface area (Å²) in [6, 6.07) is 0. The maximum atomic E-state index is 13.4. The summed E-state index contributed by atoms with van der Waals surface area (Å²) in [5, 5.41) is 32.8. The Morgan fingerprint density at radius 2 is 1.67 bits per heavy atom. The Morgan fingerprint density at radius 1 is 0.970 bits per heavy atom. The summed E-state index contributed by atoms with van der Waals surface area (Å²) in [6.45, 7) is 13.9. The average Bonchev–Trinajstić information content (AvgIpc) is 3.09. The summed E-state index contributed by atoms with van der Waals surface area (Å²) >= 11 is 0. The second-order valence-electron chi connectivity index (χ2n) is 13.4. The minimum atomic E-state index is -2.18. The molecule has 4 aliphatic carbocycles. The smallest absolute Gasteiger partial charge is 0.195 e. The van der Waals surface area contributed by atoms with Crippen molar-refractivity contribution in [1.82, 2.24) is 0 Å². The SMILES string of the molecule is CC[C@H](CC[C@@H](C)[C@H]1CC[C@H]2[C@@H]3CC(=O)C4CCC(O)C(O)(O)[C@]4(C)[C@H]3CC[C@]12C)C(C)C. The van der Waals surface area contributed by atoms with Gasteiger partial charge in [-0.3, -0.25) is 4.79 Å². The molecule has 4 nitrogen and oxygen atoms in total. The zero-order valence-electron chi connectivity index (χ0n) is 22.0. The minimum Gasteiger partial charge on any atom is -0.387 e. The van der Waals surface area contributed by atoms with Gasteiger partial charge in [0, 0.05) is 17.8 Å². The number of Topliss-reactive ketones (excluding diaryl/α,β-unsaturated/α-hetero) is 1. The van der Waals surface area contributed by atoms with Crippen molar-refractivity contribution in [3.63, 3.8) is 0 Å². The van der Waals surface area contributed by atoms with Gasteiger partial charge < -0.3 is 15.3 Å². The Bertz CT molecular complexity index is 731. The first kappa shape index (κ1) is 25.6. The fourth-order valence-electron chi connectivity index (χ4n) is 9.82. The second-order valence-corrected chi connectivity index (χ2v) is 13.4. The summed E-state index contributed by atoms with van der Waals surface area (Å²) in [5.74, 6) is 1.43. The van der Waals surface area contributed by atoms with Gasteiger partial charge in [0.15, 0.2) is 5.79 Å². The quantitative estimate of drug-likeness (QED) is 0.451. The van der Waals surface area contributed by atoms with Crippen LogP contribution in [0.4, 0.5) is 0 Å². The third-order valence-electron chi connectivity index (χ3n) is 12.0. The Kier molecular flexibility index (Phi) is 6.91. The monoisotopic (exact) mass is 462 g/mol. The summed E-state index contributed by atoms with van der Waals surface area (Å²) in [6.07, 6.45) is 8.63. The van der Waals surface area contributed by atoms with Gasteiger partial charge in [-0.1, -0.05) is 54.4 Å². The lowest BCUT2D eigenvalue weighted by atomic mass is 9.42. The van der Waals surface area contributed by atoms with Crippen molar-refractivity contribution in [2.24, 2.45) is 58.2 Å². The van der Waals surface area contributed by atoms with Crippen LogP contribution in [0.15, 0.2) is 0 Å². The largest absolute Gasteiger partial charge is 0.387 e. The number of aliphatic hydroxyl groups is 3. The molecule has 3 N–H and O–H groups in total. The Morgan fingerprint density at radius 3 is 2.30 bits per heavy atom. The highest BCUT2D eigenvalue weighted by Crippen LogP contribution is 2.69. The van der Waals surface area contributed by atoms with E-state index in [-0.39, 0.29) is 29.0 Å². The van der Waals surface area contributed by atoms with E-state index in [0.29, 0.717) is 37.0 Å². The molecule has 2 unspecified atom stereocenters. The zero-order chi connectivity index (χ0) is 24.3. The van der Waals surface area contributed by atoms with E-state index in [1.165, 1.54) is 25.7 Å². The molecule has 0 aromatic carbocycles. The van der Waals surface area contributed by atoms with Gasteiger partial charge in [-0.05, 0) is 91.8 Å². The summed E-state index contributed by atoms with van der Waals surface area (Å²) in [5.41, 5.74) is -0.703. The fourth-order valence-corrected chi connectivity index (χ4v) is 9.82. The average molecular weight is 463 g/mol. The number of ketones is 1. The lowest BCUT2D eigenvalue weighted by molar-refractivity contribution is -0.341. The second kappa shape index (κ2) is 8.89. The van der Waals surface area contributed by atoms with E-state index in [4.69, 9.17) is 0 Å². The standard InChI is InChI=1S/C29H50O4/c1-7-19(17(2)3)9-8-18(4)21-10-11-22-20-16-25(30)24-12-13-26(31)29(32,33)28(24,6)23(20)14-15-27(21,22)5/h17-24,26,31-33H,7-16H2,1-6H3/t18-,19-,20+,21-,22+,23+,24?,26?,27-,28-/m1/s1. The predicted octanol–water partition coefficient (Wildman–Crippen LogP) is 5.57. The molecule has 190 valence electrons. The number of rotatable bonds is 6. The number of carbonyl (C=O) groups is 1. The molecule has 0 heterocycles. The Hall–Kier alpha value is -0.450. The van der Waals surface area contributed by atoms with E-state index < -0.39 is 17.3 Å². The lowest BCUT2D eigenvalue weighted by Crippen LogP contribution is -2.69. The first-order chi connectivity index (χ1) is 15.4. The van der Waals surface area contributed by atoms with E-state index in [1.54, 1.807) is 0 Å². The molecule has 0 aliphatic heterocycles. The molecule has 4 rings (SSSR count). The van der Waals surface area contributed by atoms with Crippen molar-refractivity contribution in [2.75, 3.05) is 0 Å². The van der Waals surface area contributed by atoms with Gasteiger partial charge in [0.2, 0.25) is 0 Å². The first-order valence-electron chi connectivity index (χ1n) is 14.0. The van der Waals surface area contributed by atoms with Gasteiger partial charge in [-0.15, -0.1) is 0 Å². The van der Waals surface area contributed by atoms with E-state index in [9.17, 15) is 20.1 Å². The Balaban J connectivity index is 1.55. The van der Waals surface area contributed by atoms with Crippen LogP contribution in [0.5, 0.6) is 0 Å². The normalized spacial score (nSPS) is 46.4. The van der Waals surface area contributed by atoms with Crippen LogP contribution in [0, 0.1) is 58.2 Å². The number of hydrogen-bond acceptors (Lipinski definition) is 4. The van der Waals surface area contributed by atoms with Crippen molar-refractivity contribution in [2.45, 2.75) is 118 Å². The molecule has 0 bridgehead atoms. The molecule has 33 heavy (non-hydrogen) atoms. The molecule has 10 atom stereocenters. The zero-order valence-corrected chi connectivity index (χ0v) is 22.0. The van der Waals surface area contributed by atoms with Crippen molar-refractivity contribution >= 4 is 5.78 Å². The minimum absolute atomic E-state index is 0.0997. The molecular formula is C29H50O4. The van der Waals surface area contributed by atoms with Crippen LogP contribution in [0.1, 0.15) is 106 Å². The van der Waals surface area contributed by atoms with Crippen LogP contribution in [0.2, 0.25) is 0 Å². The van der Waals surface area contributed by atoms with E-state index >= 15 is 0 Å². The molecule has 4 saturated carbocycles. The molecule has 0 amide bonds. The molecule has 4 aliphatic rings. The van der Waals surface area contributed by atoms with Crippen LogP contribution in [-0.4, -0.2) is 33.0 Å². The van der Waals surface area contributed by atoms with E-state index in [2.05, 4.69) is 34.6 Å². The van der Waals surface area contributed by atoms with Crippen molar-refractivity contribution in [1.29, 1.82) is 0 Å². The molecule has 0 aromatic heterocycles.